The van der Waals surface area contributed by atoms with Gasteiger partial charge >= 0.3 is 5.82 Å². The normalized spacial score (nSPS) is 10.6. The molecule has 1 aromatic carbocycles. The molecule has 0 aliphatic heterocycles. The molecule has 0 spiro atoms. The Morgan fingerprint density at radius 3 is 2.67 bits per heavy atom. The molecule has 94 valence electrons. The average Bonchev–Trinajstić information content (AvgIpc) is 2.65. The highest BCUT2D eigenvalue weighted by Crippen LogP contribution is 2.22. The van der Waals surface area contributed by atoms with Crippen LogP contribution in [-0.4, -0.2) is 14.7 Å². The quantitative estimate of drug-likeness (QED) is 0.643. The van der Waals surface area contributed by atoms with E-state index in [2.05, 4.69) is 5.10 Å². The van der Waals surface area contributed by atoms with Crippen LogP contribution in [0.4, 0.5) is 10.2 Å². The lowest BCUT2D eigenvalue weighted by molar-refractivity contribution is -0.389. The van der Waals surface area contributed by atoms with Crippen molar-refractivity contribution in [2.45, 2.75) is 6.54 Å². The monoisotopic (exact) mass is 289 g/mol. The zero-order valence-corrected chi connectivity index (χ0v) is 10.3. The van der Waals surface area contributed by atoms with Crippen LogP contribution in [0.5, 0.6) is 0 Å². The molecule has 0 amide bonds. The summed E-state index contributed by atoms with van der Waals surface area (Å²) in [5.41, 5.74) is 0.662. The standard InChI is InChI=1S/C10H6Cl2FN3O2/c11-7-3-6(1-2-9(7)13)4-15-5-8(12)10(14-15)16(17)18/h1-3,5H,4H2. The Morgan fingerprint density at radius 1 is 1.39 bits per heavy atom. The first-order valence-corrected chi connectivity index (χ1v) is 5.54. The van der Waals surface area contributed by atoms with Crippen molar-refractivity contribution in [2.75, 3.05) is 0 Å². The van der Waals surface area contributed by atoms with Crippen LogP contribution in [0.1, 0.15) is 5.56 Å². The molecule has 0 saturated carbocycles. The van der Waals surface area contributed by atoms with Gasteiger partial charge in [0.05, 0.1) is 22.9 Å². The highest BCUT2D eigenvalue weighted by molar-refractivity contribution is 6.32. The number of hydrogen-bond donors (Lipinski definition) is 0. The maximum Gasteiger partial charge on any atom is 0.408 e. The maximum absolute atomic E-state index is 12.9. The minimum absolute atomic E-state index is 0.0137. The Kier molecular flexibility index (Phi) is 3.49. The van der Waals surface area contributed by atoms with E-state index in [1.54, 1.807) is 0 Å². The van der Waals surface area contributed by atoms with E-state index in [4.69, 9.17) is 23.2 Å². The summed E-state index contributed by atoms with van der Waals surface area (Å²) in [5.74, 6) is -0.935. The molecule has 0 fully saturated rings. The van der Waals surface area contributed by atoms with E-state index >= 15 is 0 Å². The summed E-state index contributed by atoms with van der Waals surface area (Å²) in [6.45, 7) is 0.216. The van der Waals surface area contributed by atoms with E-state index in [-0.39, 0.29) is 16.6 Å². The van der Waals surface area contributed by atoms with Gasteiger partial charge in [0.25, 0.3) is 0 Å². The van der Waals surface area contributed by atoms with Crippen LogP contribution in [0.2, 0.25) is 10.0 Å². The molecule has 0 aliphatic rings. The van der Waals surface area contributed by atoms with E-state index in [0.717, 1.165) is 0 Å². The molecular weight excluding hydrogens is 284 g/mol. The molecule has 0 unspecified atom stereocenters. The van der Waals surface area contributed by atoms with Crippen molar-refractivity contribution in [3.05, 3.63) is 55.9 Å². The van der Waals surface area contributed by atoms with Crippen molar-refractivity contribution in [3.8, 4) is 0 Å². The minimum atomic E-state index is -0.670. The Labute approximate surface area is 111 Å². The molecule has 2 rings (SSSR count). The third kappa shape index (κ3) is 2.60. The van der Waals surface area contributed by atoms with E-state index in [1.807, 2.05) is 0 Å². The van der Waals surface area contributed by atoms with E-state index in [9.17, 15) is 14.5 Å². The predicted octanol–water partition coefficient (Wildman–Crippen LogP) is 3.29. The Balaban J connectivity index is 2.26. The highest BCUT2D eigenvalue weighted by Gasteiger charge is 2.19. The molecule has 1 aromatic heterocycles. The molecule has 0 atom stereocenters. The van der Waals surface area contributed by atoms with Crippen LogP contribution >= 0.6 is 23.2 Å². The minimum Gasteiger partial charge on any atom is -0.358 e. The van der Waals surface area contributed by atoms with Crippen molar-refractivity contribution in [1.82, 2.24) is 9.78 Å². The lowest BCUT2D eigenvalue weighted by atomic mass is 10.2. The molecule has 1 heterocycles. The molecule has 2 aromatic rings. The summed E-state index contributed by atoms with van der Waals surface area (Å²) in [5, 5.41) is 14.2. The largest absolute Gasteiger partial charge is 0.408 e. The summed E-state index contributed by atoms with van der Waals surface area (Å²) >= 11 is 11.3. The van der Waals surface area contributed by atoms with Gasteiger partial charge in [-0.25, -0.2) is 4.39 Å². The van der Waals surface area contributed by atoms with E-state index in [1.165, 1.54) is 29.1 Å². The number of aromatic nitrogens is 2. The Hall–Kier alpha value is -1.66. The first kappa shape index (κ1) is 12.8. The zero-order valence-electron chi connectivity index (χ0n) is 8.81. The number of benzene rings is 1. The summed E-state index contributed by atoms with van der Waals surface area (Å²) < 4.78 is 14.2. The zero-order chi connectivity index (χ0) is 13.3. The van der Waals surface area contributed by atoms with Gasteiger partial charge in [-0.15, -0.1) is 0 Å². The van der Waals surface area contributed by atoms with Crippen molar-refractivity contribution in [1.29, 1.82) is 0 Å². The summed E-state index contributed by atoms with van der Waals surface area (Å²) in [7, 11) is 0. The van der Waals surface area contributed by atoms with Gasteiger partial charge in [-0.1, -0.05) is 29.3 Å². The Bertz CT molecular complexity index is 615. The topological polar surface area (TPSA) is 61.0 Å². The van der Waals surface area contributed by atoms with Gasteiger partial charge in [0.15, 0.2) is 5.02 Å². The van der Waals surface area contributed by atoms with Crippen molar-refractivity contribution >= 4 is 29.0 Å². The van der Waals surface area contributed by atoms with Crippen molar-refractivity contribution in [2.24, 2.45) is 0 Å². The van der Waals surface area contributed by atoms with Crippen molar-refractivity contribution < 1.29 is 9.31 Å². The first-order valence-electron chi connectivity index (χ1n) is 4.78. The smallest absolute Gasteiger partial charge is 0.358 e. The van der Waals surface area contributed by atoms with E-state index < -0.39 is 16.6 Å². The number of nitrogens with zero attached hydrogens (tertiary/aromatic N) is 3. The van der Waals surface area contributed by atoms with Gasteiger partial charge in [0.1, 0.15) is 5.82 Å². The fourth-order valence-corrected chi connectivity index (χ4v) is 1.84. The molecule has 18 heavy (non-hydrogen) atoms. The lowest BCUT2D eigenvalue weighted by Gasteiger charge is -2.00. The summed E-state index contributed by atoms with van der Waals surface area (Å²) in [6, 6.07) is 4.16. The first-order chi connectivity index (χ1) is 8.47. The van der Waals surface area contributed by atoms with Crippen LogP contribution in [0.3, 0.4) is 0 Å². The van der Waals surface area contributed by atoms with Gasteiger partial charge in [0.2, 0.25) is 0 Å². The molecular formula is C10H6Cl2FN3O2. The lowest BCUT2D eigenvalue weighted by Crippen LogP contribution is -2.01. The number of hydrogen-bond acceptors (Lipinski definition) is 3. The molecule has 0 radical (unpaired) electrons. The van der Waals surface area contributed by atoms with Crippen LogP contribution < -0.4 is 0 Å². The number of nitro groups is 1. The third-order valence-electron chi connectivity index (χ3n) is 2.20. The molecule has 0 saturated heterocycles. The van der Waals surface area contributed by atoms with Crippen LogP contribution in [-0.2, 0) is 6.54 Å². The fraction of sp³-hybridized carbons (Fsp3) is 0.100. The SMILES string of the molecule is O=[N+]([O-])c1nn(Cc2ccc(F)c(Cl)c2)cc1Cl. The maximum atomic E-state index is 12.9. The second-order valence-corrected chi connectivity index (χ2v) is 4.32. The van der Waals surface area contributed by atoms with Gasteiger partial charge in [-0.3, -0.25) is 0 Å². The highest BCUT2D eigenvalue weighted by atomic mass is 35.5. The van der Waals surface area contributed by atoms with Crippen LogP contribution in [0, 0.1) is 15.9 Å². The van der Waals surface area contributed by atoms with E-state index in [0.29, 0.717) is 5.56 Å². The molecule has 0 N–H and O–H groups in total. The summed E-state index contributed by atoms with van der Waals surface area (Å²) in [4.78, 5) is 9.89. The molecule has 0 bridgehead atoms. The predicted molar refractivity (Wildman–Crippen MR) is 64.4 cm³/mol. The third-order valence-corrected chi connectivity index (χ3v) is 2.76. The van der Waals surface area contributed by atoms with Gasteiger partial charge < -0.3 is 10.1 Å². The van der Waals surface area contributed by atoms with Gasteiger partial charge in [-0.2, -0.15) is 4.68 Å². The second kappa shape index (κ2) is 4.91. The fourth-order valence-electron chi connectivity index (χ4n) is 1.42. The Morgan fingerprint density at radius 2 is 2.11 bits per heavy atom. The van der Waals surface area contributed by atoms with Crippen LogP contribution in [0.15, 0.2) is 24.4 Å². The number of halogens is 3. The van der Waals surface area contributed by atoms with Crippen molar-refractivity contribution in [3.63, 3.8) is 0 Å². The molecule has 0 aliphatic carbocycles. The average molecular weight is 290 g/mol. The summed E-state index contributed by atoms with van der Waals surface area (Å²) in [6.07, 6.45) is 1.33. The van der Waals surface area contributed by atoms with Crippen LogP contribution in [0.25, 0.3) is 0 Å². The second-order valence-electron chi connectivity index (χ2n) is 3.50. The van der Waals surface area contributed by atoms with Gasteiger partial charge in [0, 0.05) is 0 Å². The number of rotatable bonds is 3. The molecule has 8 heteroatoms. The molecule has 5 nitrogen and oxygen atoms in total. The van der Waals surface area contributed by atoms with Gasteiger partial charge in [-0.05, 0) is 22.6 Å².